The van der Waals surface area contributed by atoms with Crippen LogP contribution >= 0.6 is 11.8 Å². The van der Waals surface area contributed by atoms with Gasteiger partial charge in [-0.3, -0.25) is 4.90 Å². The Morgan fingerprint density at radius 2 is 1.18 bits per heavy atom. The number of thioether (sulfide) groups is 1. The van der Waals surface area contributed by atoms with Gasteiger partial charge >= 0.3 is 0 Å². The molecule has 126 valence electrons. The van der Waals surface area contributed by atoms with E-state index in [1.165, 1.54) is 58.0 Å². The molecule has 0 radical (unpaired) electrons. The van der Waals surface area contributed by atoms with E-state index < -0.39 is 0 Å². The Bertz CT molecular complexity index is 351. The second-order valence-corrected chi connectivity index (χ2v) is 9.53. The van der Waals surface area contributed by atoms with E-state index in [9.17, 15) is 0 Å². The quantitative estimate of drug-likeness (QED) is 0.688. The molecule has 22 heavy (non-hydrogen) atoms. The first kappa shape index (κ1) is 15.8. The molecule has 1 aliphatic heterocycles. The van der Waals surface area contributed by atoms with Crippen molar-refractivity contribution in [2.24, 2.45) is 23.7 Å². The minimum Gasteiger partial charge on any atom is -0.299 e. The number of nitrogens with zero attached hydrogens (tertiary/aromatic N) is 1. The summed E-state index contributed by atoms with van der Waals surface area (Å²) in [6.45, 7) is 2.81. The lowest BCUT2D eigenvalue weighted by Gasteiger charge is -2.58. The molecule has 2 heteroatoms. The summed E-state index contributed by atoms with van der Waals surface area (Å²) < 4.78 is 0. The van der Waals surface area contributed by atoms with Crippen LogP contribution in [0.1, 0.15) is 70.6 Å². The van der Waals surface area contributed by atoms with Crippen molar-refractivity contribution in [3.8, 4) is 0 Å². The van der Waals surface area contributed by atoms with Crippen LogP contribution in [0.4, 0.5) is 0 Å². The molecular formula is C20H35NS. The zero-order valence-corrected chi connectivity index (χ0v) is 15.3. The maximum Gasteiger partial charge on any atom is 0.0248 e. The number of fused-ring (bicyclic) bond motifs is 3. The Hall–Kier alpha value is 0.310. The first-order chi connectivity index (χ1) is 10.9. The molecule has 0 N–H and O–H groups in total. The summed E-state index contributed by atoms with van der Waals surface area (Å²) in [6.07, 6.45) is 19.1. The van der Waals surface area contributed by atoms with Gasteiger partial charge in [-0.1, -0.05) is 32.1 Å². The third-order valence-electron chi connectivity index (χ3n) is 7.58. The lowest BCUT2D eigenvalue weighted by Crippen LogP contribution is -2.60. The zero-order chi connectivity index (χ0) is 14.9. The average molecular weight is 322 g/mol. The smallest absolute Gasteiger partial charge is 0.0248 e. The van der Waals surface area contributed by atoms with Gasteiger partial charge in [0.1, 0.15) is 0 Å². The fourth-order valence-corrected chi connectivity index (χ4v) is 8.12. The third kappa shape index (κ3) is 2.77. The van der Waals surface area contributed by atoms with Crippen LogP contribution in [0.25, 0.3) is 0 Å². The van der Waals surface area contributed by atoms with Crippen LogP contribution in [0.5, 0.6) is 0 Å². The highest BCUT2D eigenvalue weighted by Gasteiger charge is 2.52. The Labute approximate surface area is 142 Å². The molecule has 0 bridgehead atoms. The van der Waals surface area contributed by atoms with E-state index in [1.54, 1.807) is 25.7 Å². The third-order valence-corrected chi connectivity index (χ3v) is 8.75. The van der Waals surface area contributed by atoms with Crippen molar-refractivity contribution < 1.29 is 0 Å². The summed E-state index contributed by atoms with van der Waals surface area (Å²) in [5.41, 5.74) is 0. The minimum absolute atomic E-state index is 0.931. The molecule has 3 aliphatic carbocycles. The van der Waals surface area contributed by atoms with Crippen LogP contribution < -0.4 is 0 Å². The first-order valence-corrected chi connectivity index (χ1v) is 11.5. The van der Waals surface area contributed by atoms with Crippen LogP contribution in [0.3, 0.4) is 0 Å². The van der Waals surface area contributed by atoms with Crippen molar-refractivity contribution in [3.05, 3.63) is 0 Å². The highest BCUT2D eigenvalue weighted by molar-refractivity contribution is 7.99. The van der Waals surface area contributed by atoms with Crippen molar-refractivity contribution in [2.75, 3.05) is 19.3 Å². The molecule has 3 saturated carbocycles. The first-order valence-electron chi connectivity index (χ1n) is 10.2. The molecule has 0 amide bonds. The molecule has 4 unspecified atom stereocenters. The predicted molar refractivity (Wildman–Crippen MR) is 97.4 cm³/mol. The van der Waals surface area contributed by atoms with Crippen LogP contribution in [0.15, 0.2) is 0 Å². The van der Waals surface area contributed by atoms with E-state index in [4.69, 9.17) is 0 Å². The topological polar surface area (TPSA) is 3.24 Å². The fourth-order valence-electron chi connectivity index (χ4n) is 6.78. The van der Waals surface area contributed by atoms with Crippen molar-refractivity contribution in [1.29, 1.82) is 0 Å². The number of hydrogen-bond donors (Lipinski definition) is 0. The molecule has 0 spiro atoms. The summed E-state index contributed by atoms with van der Waals surface area (Å²) in [4.78, 5) is 2.97. The van der Waals surface area contributed by atoms with Gasteiger partial charge in [0.2, 0.25) is 0 Å². The molecule has 4 fully saturated rings. The van der Waals surface area contributed by atoms with Crippen LogP contribution in [0.2, 0.25) is 0 Å². The molecule has 0 aromatic heterocycles. The Balaban J connectivity index is 1.63. The molecule has 4 aliphatic rings. The number of piperidine rings is 1. The van der Waals surface area contributed by atoms with Crippen LogP contribution in [-0.2, 0) is 0 Å². The van der Waals surface area contributed by atoms with E-state index in [-0.39, 0.29) is 0 Å². The Morgan fingerprint density at radius 3 is 1.82 bits per heavy atom. The largest absolute Gasteiger partial charge is 0.299 e. The lowest BCUT2D eigenvalue weighted by molar-refractivity contribution is -0.0403. The van der Waals surface area contributed by atoms with E-state index in [1.807, 2.05) is 0 Å². The van der Waals surface area contributed by atoms with Gasteiger partial charge < -0.3 is 0 Å². The van der Waals surface area contributed by atoms with Gasteiger partial charge in [0.05, 0.1) is 0 Å². The van der Waals surface area contributed by atoms with Crippen molar-refractivity contribution in [1.82, 2.24) is 4.90 Å². The van der Waals surface area contributed by atoms with Crippen molar-refractivity contribution in [2.45, 2.75) is 81.9 Å². The fraction of sp³-hybridized carbons (Fsp3) is 1.00. The number of rotatable bonds is 2. The van der Waals surface area contributed by atoms with Crippen LogP contribution in [0, 0.1) is 23.7 Å². The predicted octanol–water partition coefficient (Wildman–Crippen LogP) is 5.20. The Morgan fingerprint density at radius 1 is 0.636 bits per heavy atom. The van der Waals surface area contributed by atoms with Gasteiger partial charge in [-0.2, -0.15) is 11.8 Å². The number of likely N-dealkylation sites (tertiary alicyclic amines) is 1. The summed E-state index contributed by atoms with van der Waals surface area (Å²) in [5.74, 6) is 4.28. The van der Waals surface area contributed by atoms with Gasteiger partial charge in [0.15, 0.2) is 0 Å². The molecule has 1 heterocycles. The molecule has 1 saturated heterocycles. The zero-order valence-electron chi connectivity index (χ0n) is 14.5. The minimum atomic E-state index is 0.931. The van der Waals surface area contributed by atoms with Crippen molar-refractivity contribution in [3.63, 3.8) is 0 Å². The SMILES string of the molecule is CS[C@H]1C2CCCCC2C2CCCCC2[C@@H]1N1CCCCC1. The summed E-state index contributed by atoms with van der Waals surface area (Å²) in [6, 6.07) is 0.931. The van der Waals surface area contributed by atoms with Crippen LogP contribution in [-0.4, -0.2) is 35.5 Å². The summed E-state index contributed by atoms with van der Waals surface area (Å²) in [5, 5.41) is 0.947. The highest BCUT2D eigenvalue weighted by atomic mass is 32.2. The molecule has 6 atom stereocenters. The molecule has 4 rings (SSSR count). The van der Waals surface area contributed by atoms with Gasteiger partial charge in [-0.15, -0.1) is 0 Å². The lowest BCUT2D eigenvalue weighted by atomic mass is 9.55. The maximum atomic E-state index is 2.97. The number of hydrogen-bond acceptors (Lipinski definition) is 2. The maximum absolute atomic E-state index is 2.97. The monoisotopic (exact) mass is 321 g/mol. The second-order valence-electron chi connectivity index (χ2n) is 8.51. The summed E-state index contributed by atoms with van der Waals surface area (Å²) in [7, 11) is 0. The van der Waals surface area contributed by atoms with Gasteiger partial charge in [-0.25, -0.2) is 0 Å². The Kier molecular flexibility index (Phi) is 5.07. The van der Waals surface area contributed by atoms with E-state index in [0.29, 0.717) is 0 Å². The van der Waals surface area contributed by atoms with Crippen molar-refractivity contribution >= 4 is 11.8 Å². The normalized spacial score (nSPS) is 46.8. The van der Waals surface area contributed by atoms with E-state index >= 15 is 0 Å². The second kappa shape index (κ2) is 7.05. The molecule has 1 nitrogen and oxygen atoms in total. The van der Waals surface area contributed by atoms with E-state index in [2.05, 4.69) is 22.9 Å². The van der Waals surface area contributed by atoms with Gasteiger partial charge in [0, 0.05) is 11.3 Å². The molecular weight excluding hydrogens is 286 g/mol. The van der Waals surface area contributed by atoms with E-state index in [0.717, 1.165) is 35.0 Å². The van der Waals surface area contributed by atoms with Gasteiger partial charge in [0.25, 0.3) is 0 Å². The highest BCUT2D eigenvalue weighted by Crippen LogP contribution is 2.55. The molecule has 0 aromatic rings. The van der Waals surface area contributed by atoms with Gasteiger partial charge in [-0.05, 0) is 81.5 Å². The molecule has 0 aromatic carbocycles. The summed E-state index contributed by atoms with van der Waals surface area (Å²) >= 11 is 2.25. The average Bonchev–Trinajstić information content (AvgIpc) is 2.61. The standard InChI is InChI=1S/C20H35NS/c1-22-20-18-12-6-4-10-16(18)15-9-3-5-11-17(15)19(20)21-13-7-2-8-14-21/h15-20H,2-14H2,1H3/t15?,16?,17?,18?,19-,20-/m0/s1.